The number of hydrogen-bond donors (Lipinski definition) is 2. The third-order valence-corrected chi connectivity index (χ3v) is 3.13. The van der Waals surface area contributed by atoms with Crippen LogP contribution < -0.4 is 11.1 Å². The van der Waals surface area contributed by atoms with E-state index in [-0.39, 0.29) is 5.91 Å². The lowest BCUT2D eigenvalue weighted by Crippen LogP contribution is -2.14. The van der Waals surface area contributed by atoms with Gasteiger partial charge in [-0.15, -0.1) is 0 Å². The van der Waals surface area contributed by atoms with Crippen LogP contribution in [-0.2, 0) is 0 Å². The molecule has 19 heavy (non-hydrogen) atoms. The molecule has 3 nitrogen and oxygen atoms in total. The highest BCUT2D eigenvalue weighted by Crippen LogP contribution is 2.24. The average molecular weight is 275 g/mol. The first kappa shape index (κ1) is 13.4. The molecule has 2 aromatic carbocycles. The van der Waals surface area contributed by atoms with Gasteiger partial charge < -0.3 is 11.1 Å². The van der Waals surface area contributed by atoms with Crippen molar-refractivity contribution in [3.63, 3.8) is 0 Å². The highest BCUT2D eigenvalue weighted by atomic mass is 35.5. The minimum Gasteiger partial charge on any atom is -0.397 e. The summed E-state index contributed by atoms with van der Waals surface area (Å²) in [6.07, 6.45) is 0. The first-order chi connectivity index (χ1) is 8.97. The molecule has 0 heterocycles. The molecule has 0 radical (unpaired) electrons. The fraction of sp³-hybridized carbons (Fsp3) is 0.133. The number of nitrogens with two attached hydrogens (primary N) is 1. The molecule has 0 fully saturated rings. The fourth-order valence-electron chi connectivity index (χ4n) is 1.89. The molecule has 0 unspecified atom stereocenters. The minimum absolute atomic E-state index is 0.188. The Balaban J connectivity index is 2.28. The normalized spacial score (nSPS) is 10.3. The van der Waals surface area contributed by atoms with E-state index in [0.29, 0.717) is 22.0 Å². The van der Waals surface area contributed by atoms with E-state index in [1.54, 1.807) is 24.3 Å². The van der Waals surface area contributed by atoms with Crippen LogP contribution in [0.4, 0.5) is 11.4 Å². The summed E-state index contributed by atoms with van der Waals surface area (Å²) in [6.45, 7) is 3.90. The molecule has 0 aliphatic rings. The Labute approximate surface area is 117 Å². The van der Waals surface area contributed by atoms with Crippen LogP contribution in [0.2, 0.25) is 5.02 Å². The van der Waals surface area contributed by atoms with E-state index in [1.807, 2.05) is 26.0 Å². The minimum atomic E-state index is -0.188. The van der Waals surface area contributed by atoms with Gasteiger partial charge in [0.25, 0.3) is 5.91 Å². The number of benzene rings is 2. The summed E-state index contributed by atoms with van der Waals surface area (Å²) in [5, 5.41) is 3.31. The van der Waals surface area contributed by atoms with Gasteiger partial charge in [0, 0.05) is 10.6 Å². The van der Waals surface area contributed by atoms with Gasteiger partial charge in [-0.25, -0.2) is 0 Å². The monoisotopic (exact) mass is 274 g/mol. The van der Waals surface area contributed by atoms with E-state index in [2.05, 4.69) is 5.32 Å². The van der Waals surface area contributed by atoms with Crippen LogP contribution in [0.1, 0.15) is 21.5 Å². The predicted molar refractivity (Wildman–Crippen MR) is 79.7 cm³/mol. The van der Waals surface area contributed by atoms with Gasteiger partial charge in [-0.05, 0) is 43.7 Å². The molecule has 0 aromatic heterocycles. The van der Waals surface area contributed by atoms with Crippen molar-refractivity contribution in [1.29, 1.82) is 0 Å². The van der Waals surface area contributed by atoms with E-state index in [0.717, 1.165) is 11.1 Å². The van der Waals surface area contributed by atoms with Gasteiger partial charge in [0.05, 0.1) is 11.4 Å². The van der Waals surface area contributed by atoms with E-state index in [9.17, 15) is 4.79 Å². The van der Waals surface area contributed by atoms with Crippen molar-refractivity contribution < 1.29 is 4.79 Å². The summed E-state index contributed by atoms with van der Waals surface area (Å²) in [5.74, 6) is -0.188. The standard InChI is InChI=1S/C15H15ClN2O/c1-9-3-5-12(10(2)7-9)15(19)18-14-8-11(16)4-6-13(14)17/h3-8H,17H2,1-2H3,(H,18,19). The van der Waals surface area contributed by atoms with Gasteiger partial charge in [0.2, 0.25) is 0 Å². The van der Waals surface area contributed by atoms with Crippen molar-refractivity contribution in [3.05, 3.63) is 58.1 Å². The zero-order valence-electron chi connectivity index (χ0n) is 10.8. The van der Waals surface area contributed by atoms with Gasteiger partial charge in [-0.3, -0.25) is 4.79 Å². The van der Waals surface area contributed by atoms with Crippen molar-refractivity contribution in [2.24, 2.45) is 0 Å². The van der Waals surface area contributed by atoms with E-state index >= 15 is 0 Å². The number of nitrogens with one attached hydrogen (secondary N) is 1. The van der Waals surface area contributed by atoms with Gasteiger partial charge in [0.15, 0.2) is 0 Å². The molecule has 0 saturated heterocycles. The maximum Gasteiger partial charge on any atom is 0.255 e. The zero-order valence-corrected chi connectivity index (χ0v) is 11.6. The lowest BCUT2D eigenvalue weighted by molar-refractivity contribution is 0.102. The molecular weight excluding hydrogens is 260 g/mol. The molecule has 98 valence electrons. The molecule has 0 spiro atoms. The molecule has 0 bridgehead atoms. The molecule has 0 saturated carbocycles. The SMILES string of the molecule is Cc1ccc(C(=O)Nc2cc(Cl)ccc2N)c(C)c1. The molecule has 2 rings (SSSR count). The number of nitrogen functional groups attached to an aromatic ring is 1. The molecule has 2 aromatic rings. The number of carbonyl (C=O) groups excluding carboxylic acids is 1. The summed E-state index contributed by atoms with van der Waals surface area (Å²) < 4.78 is 0. The summed E-state index contributed by atoms with van der Waals surface area (Å²) in [5.41, 5.74) is 9.50. The first-order valence-electron chi connectivity index (χ1n) is 5.91. The van der Waals surface area contributed by atoms with Gasteiger partial charge in [-0.1, -0.05) is 29.3 Å². The Kier molecular flexibility index (Phi) is 3.76. The second-order valence-electron chi connectivity index (χ2n) is 4.50. The Bertz CT molecular complexity index is 638. The number of rotatable bonds is 2. The lowest BCUT2D eigenvalue weighted by Gasteiger charge is -2.10. The largest absolute Gasteiger partial charge is 0.397 e. The average Bonchev–Trinajstić information content (AvgIpc) is 2.33. The molecule has 4 heteroatoms. The fourth-order valence-corrected chi connectivity index (χ4v) is 2.07. The third kappa shape index (κ3) is 3.06. The molecule has 0 atom stereocenters. The Morgan fingerprint density at radius 3 is 2.58 bits per heavy atom. The second-order valence-corrected chi connectivity index (χ2v) is 4.94. The van der Waals surface area contributed by atoms with Crippen molar-refractivity contribution >= 4 is 28.9 Å². The maximum absolute atomic E-state index is 12.2. The molecule has 0 aliphatic carbocycles. The number of halogens is 1. The highest BCUT2D eigenvalue weighted by molar-refractivity contribution is 6.31. The van der Waals surface area contributed by atoms with Crippen LogP contribution in [0.25, 0.3) is 0 Å². The van der Waals surface area contributed by atoms with Crippen LogP contribution in [0.3, 0.4) is 0 Å². The molecular formula is C15H15ClN2O. The Morgan fingerprint density at radius 1 is 1.16 bits per heavy atom. The summed E-state index contributed by atoms with van der Waals surface area (Å²) in [6, 6.07) is 10.7. The molecule has 1 amide bonds. The van der Waals surface area contributed by atoms with Gasteiger partial charge in [0.1, 0.15) is 0 Å². The number of carbonyl (C=O) groups is 1. The number of aryl methyl sites for hydroxylation is 2. The number of hydrogen-bond acceptors (Lipinski definition) is 2. The van der Waals surface area contributed by atoms with Crippen molar-refractivity contribution in [2.45, 2.75) is 13.8 Å². The van der Waals surface area contributed by atoms with Crippen LogP contribution in [0, 0.1) is 13.8 Å². The van der Waals surface area contributed by atoms with E-state index in [1.165, 1.54) is 0 Å². The van der Waals surface area contributed by atoms with E-state index in [4.69, 9.17) is 17.3 Å². The van der Waals surface area contributed by atoms with Crippen molar-refractivity contribution in [2.75, 3.05) is 11.1 Å². The highest BCUT2D eigenvalue weighted by Gasteiger charge is 2.11. The summed E-state index contributed by atoms with van der Waals surface area (Å²) in [7, 11) is 0. The third-order valence-electron chi connectivity index (χ3n) is 2.89. The second kappa shape index (κ2) is 5.33. The van der Waals surface area contributed by atoms with Gasteiger partial charge in [-0.2, -0.15) is 0 Å². The number of anilines is 2. The van der Waals surface area contributed by atoms with Crippen molar-refractivity contribution in [3.8, 4) is 0 Å². The predicted octanol–water partition coefficient (Wildman–Crippen LogP) is 3.79. The van der Waals surface area contributed by atoms with Crippen LogP contribution >= 0.6 is 11.6 Å². The summed E-state index contributed by atoms with van der Waals surface area (Å²) >= 11 is 5.89. The lowest BCUT2D eigenvalue weighted by atomic mass is 10.1. The van der Waals surface area contributed by atoms with Crippen LogP contribution in [0.5, 0.6) is 0 Å². The van der Waals surface area contributed by atoms with Crippen LogP contribution in [0.15, 0.2) is 36.4 Å². The van der Waals surface area contributed by atoms with E-state index < -0.39 is 0 Å². The topological polar surface area (TPSA) is 55.1 Å². The van der Waals surface area contributed by atoms with Crippen LogP contribution in [-0.4, -0.2) is 5.91 Å². The van der Waals surface area contributed by atoms with Gasteiger partial charge >= 0.3 is 0 Å². The Hall–Kier alpha value is -2.00. The maximum atomic E-state index is 12.2. The number of amides is 1. The smallest absolute Gasteiger partial charge is 0.255 e. The van der Waals surface area contributed by atoms with Crippen molar-refractivity contribution in [1.82, 2.24) is 0 Å². The molecule has 3 N–H and O–H groups in total. The quantitative estimate of drug-likeness (QED) is 0.819. The Morgan fingerprint density at radius 2 is 1.89 bits per heavy atom. The molecule has 0 aliphatic heterocycles. The zero-order chi connectivity index (χ0) is 14.0. The first-order valence-corrected chi connectivity index (χ1v) is 6.29. The summed E-state index contributed by atoms with van der Waals surface area (Å²) in [4.78, 5) is 12.2.